The molecule has 0 fully saturated rings. The van der Waals surface area contributed by atoms with Gasteiger partial charge < -0.3 is 20.1 Å². The maximum absolute atomic E-state index is 12.1. The zero-order chi connectivity index (χ0) is 20.7. The molecule has 0 saturated heterocycles. The lowest BCUT2D eigenvalue weighted by molar-refractivity contribution is -0.384. The van der Waals surface area contributed by atoms with Crippen molar-refractivity contribution in [1.29, 1.82) is 0 Å². The van der Waals surface area contributed by atoms with Crippen molar-refractivity contribution >= 4 is 29.7 Å². The first-order chi connectivity index (χ1) is 13.3. The molecule has 10 nitrogen and oxygen atoms in total. The smallest absolute Gasteiger partial charge is 0.338 e. The van der Waals surface area contributed by atoms with Crippen molar-refractivity contribution in [3.63, 3.8) is 0 Å². The lowest BCUT2D eigenvalue weighted by atomic mass is 10.0. The van der Waals surface area contributed by atoms with Crippen molar-refractivity contribution in [2.45, 2.75) is 19.9 Å². The SMILES string of the molecule is CCOC(=O)C1=C(COC(=O)/C=C/c2cccc([N+](=O)[O-])c2)NC(=O)N[C@@H]1C. The Morgan fingerprint density at radius 2 is 2.07 bits per heavy atom. The highest BCUT2D eigenvalue weighted by Crippen LogP contribution is 2.16. The third kappa shape index (κ3) is 5.40. The van der Waals surface area contributed by atoms with Gasteiger partial charge in [-0.15, -0.1) is 0 Å². The zero-order valence-corrected chi connectivity index (χ0v) is 15.3. The predicted molar refractivity (Wildman–Crippen MR) is 97.9 cm³/mol. The molecule has 1 atom stereocenters. The number of hydrogen-bond acceptors (Lipinski definition) is 7. The molecule has 1 aliphatic rings. The van der Waals surface area contributed by atoms with E-state index in [2.05, 4.69) is 10.6 Å². The van der Waals surface area contributed by atoms with Gasteiger partial charge in [0.15, 0.2) is 0 Å². The Labute approximate surface area is 160 Å². The summed E-state index contributed by atoms with van der Waals surface area (Å²) in [6.07, 6.45) is 2.45. The Bertz CT molecular complexity index is 860. The zero-order valence-electron chi connectivity index (χ0n) is 15.3. The van der Waals surface area contributed by atoms with Crippen LogP contribution in [0.25, 0.3) is 6.08 Å². The van der Waals surface area contributed by atoms with E-state index >= 15 is 0 Å². The Kier molecular flexibility index (Phi) is 6.85. The quantitative estimate of drug-likeness (QED) is 0.313. The molecule has 0 radical (unpaired) electrons. The summed E-state index contributed by atoms with van der Waals surface area (Å²) in [4.78, 5) is 45.9. The molecule has 28 heavy (non-hydrogen) atoms. The van der Waals surface area contributed by atoms with Crippen molar-refractivity contribution in [2.24, 2.45) is 0 Å². The second-order valence-electron chi connectivity index (χ2n) is 5.73. The number of nitro groups is 1. The van der Waals surface area contributed by atoms with Gasteiger partial charge in [-0.2, -0.15) is 0 Å². The van der Waals surface area contributed by atoms with E-state index < -0.39 is 28.9 Å². The van der Waals surface area contributed by atoms with Gasteiger partial charge in [0.1, 0.15) is 6.61 Å². The molecule has 2 N–H and O–H groups in total. The Balaban J connectivity index is 2.07. The molecule has 2 rings (SSSR count). The van der Waals surface area contributed by atoms with Crippen molar-refractivity contribution in [2.75, 3.05) is 13.2 Å². The predicted octanol–water partition coefficient (Wildman–Crippen LogP) is 1.67. The van der Waals surface area contributed by atoms with Crippen LogP contribution in [0.15, 0.2) is 41.6 Å². The monoisotopic (exact) mass is 389 g/mol. The van der Waals surface area contributed by atoms with Gasteiger partial charge in [-0.1, -0.05) is 12.1 Å². The molecule has 1 aromatic carbocycles. The lowest BCUT2D eigenvalue weighted by Gasteiger charge is -2.26. The molecule has 0 aromatic heterocycles. The summed E-state index contributed by atoms with van der Waals surface area (Å²) < 4.78 is 10.0. The van der Waals surface area contributed by atoms with Crippen LogP contribution in [0.1, 0.15) is 19.4 Å². The highest BCUT2D eigenvalue weighted by molar-refractivity contribution is 5.95. The van der Waals surface area contributed by atoms with Crippen LogP contribution < -0.4 is 10.6 Å². The number of carbonyl (C=O) groups is 3. The van der Waals surface area contributed by atoms with Crippen molar-refractivity contribution in [1.82, 2.24) is 10.6 Å². The number of non-ortho nitro benzene ring substituents is 1. The summed E-state index contributed by atoms with van der Waals surface area (Å²) in [6.45, 7) is 3.07. The number of carbonyl (C=O) groups excluding carboxylic acids is 3. The summed E-state index contributed by atoms with van der Waals surface area (Å²) in [7, 11) is 0. The van der Waals surface area contributed by atoms with E-state index in [1.165, 1.54) is 24.3 Å². The van der Waals surface area contributed by atoms with E-state index in [1.54, 1.807) is 19.9 Å². The van der Waals surface area contributed by atoms with Gasteiger partial charge >= 0.3 is 18.0 Å². The highest BCUT2D eigenvalue weighted by Gasteiger charge is 2.30. The average molecular weight is 389 g/mol. The number of ether oxygens (including phenoxy) is 2. The molecule has 0 aliphatic carbocycles. The molecular formula is C18H19N3O7. The minimum absolute atomic E-state index is 0.105. The first-order valence-corrected chi connectivity index (χ1v) is 8.38. The molecule has 148 valence electrons. The number of urea groups is 1. The van der Waals surface area contributed by atoms with Crippen LogP contribution in [0.3, 0.4) is 0 Å². The van der Waals surface area contributed by atoms with Crippen molar-refractivity contribution in [3.05, 3.63) is 57.3 Å². The van der Waals surface area contributed by atoms with Crippen LogP contribution in [-0.2, 0) is 19.1 Å². The molecule has 1 aliphatic heterocycles. The first-order valence-electron chi connectivity index (χ1n) is 8.38. The minimum atomic E-state index is -0.748. The van der Waals surface area contributed by atoms with Gasteiger partial charge in [0.2, 0.25) is 0 Å². The van der Waals surface area contributed by atoms with E-state index in [0.29, 0.717) is 5.56 Å². The van der Waals surface area contributed by atoms with Crippen LogP contribution in [0.5, 0.6) is 0 Å². The third-order valence-corrected chi connectivity index (χ3v) is 3.72. The largest absolute Gasteiger partial charge is 0.463 e. The fourth-order valence-electron chi connectivity index (χ4n) is 2.49. The number of rotatable bonds is 7. The van der Waals surface area contributed by atoms with Gasteiger partial charge in [-0.3, -0.25) is 10.1 Å². The molecule has 1 aromatic rings. The maximum atomic E-state index is 12.1. The number of nitro benzene ring substituents is 1. The van der Waals surface area contributed by atoms with Gasteiger partial charge in [0.25, 0.3) is 5.69 Å². The van der Waals surface area contributed by atoms with Crippen LogP contribution >= 0.6 is 0 Å². The maximum Gasteiger partial charge on any atom is 0.338 e. The van der Waals surface area contributed by atoms with Gasteiger partial charge in [0.05, 0.1) is 28.8 Å². The Hall–Kier alpha value is -3.69. The topological polar surface area (TPSA) is 137 Å². The second kappa shape index (κ2) is 9.31. The summed E-state index contributed by atoms with van der Waals surface area (Å²) in [5, 5.41) is 15.7. The van der Waals surface area contributed by atoms with Crippen LogP contribution in [0.4, 0.5) is 10.5 Å². The van der Waals surface area contributed by atoms with E-state index in [1.807, 2.05) is 0 Å². The Morgan fingerprint density at radius 1 is 1.32 bits per heavy atom. The molecule has 0 unspecified atom stereocenters. The standard InChI is InChI=1S/C18H19N3O7/c1-3-27-17(23)16-11(2)19-18(24)20-14(16)10-28-15(22)8-7-12-5-4-6-13(9-12)21(25)26/h4-9,11H,3,10H2,1-2H3,(H2,19,20,24)/b8-7+/t11-/m1/s1. The fraction of sp³-hybridized carbons (Fsp3) is 0.278. The summed E-state index contributed by atoms with van der Waals surface area (Å²) in [5.41, 5.74) is 0.635. The number of nitrogens with one attached hydrogen (secondary N) is 2. The number of nitrogens with zero attached hydrogens (tertiary/aromatic N) is 1. The summed E-state index contributed by atoms with van der Waals surface area (Å²) >= 11 is 0. The second-order valence-corrected chi connectivity index (χ2v) is 5.73. The summed E-state index contributed by atoms with van der Waals surface area (Å²) in [6, 6.07) is 4.58. The highest BCUT2D eigenvalue weighted by atomic mass is 16.6. The van der Waals surface area contributed by atoms with Crippen LogP contribution in [0.2, 0.25) is 0 Å². The van der Waals surface area contributed by atoms with E-state index in [4.69, 9.17) is 9.47 Å². The molecule has 10 heteroatoms. The number of hydrogen-bond donors (Lipinski definition) is 2. The average Bonchev–Trinajstić information content (AvgIpc) is 2.64. The molecule has 0 saturated carbocycles. The molecule has 0 bridgehead atoms. The number of amides is 2. The first kappa shape index (κ1) is 20.6. The fourth-order valence-corrected chi connectivity index (χ4v) is 2.49. The van der Waals surface area contributed by atoms with E-state index in [0.717, 1.165) is 6.08 Å². The minimum Gasteiger partial charge on any atom is -0.463 e. The van der Waals surface area contributed by atoms with Crippen molar-refractivity contribution in [3.8, 4) is 0 Å². The molecular weight excluding hydrogens is 370 g/mol. The Morgan fingerprint density at radius 3 is 2.75 bits per heavy atom. The van der Waals surface area contributed by atoms with Gasteiger partial charge in [-0.25, -0.2) is 14.4 Å². The van der Waals surface area contributed by atoms with Crippen LogP contribution in [-0.4, -0.2) is 42.1 Å². The normalized spacial score (nSPS) is 16.4. The van der Waals surface area contributed by atoms with E-state index in [-0.39, 0.29) is 30.2 Å². The molecule has 1 heterocycles. The molecule has 2 amide bonds. The number of benzene rings is 1. The third-order valence-electron chi connectivity index (χ3n) is 3.72. The van der Waals surface area contributed by atoms with Crippen LogP contribution in [0, 0.1) is 10.1 Å². The summed E-state index contributed by atoms with van der Waals surface area (Å²) in [5.74, 6) is -1.37. The number of esters is 2. The van der Waals surface area contributed by atoms with Gasteiger partial charge in [0, 0.05) is 18.2 Å². The lowest BCUT2D eigenvalue weighted by Crippen LogP contribution is -2.50. The van der Waals surface area contributed by atoms with E-state index in [9.17, 15) is 24.5 Å². The van der Waals surface area contributed by atoms with Gasteiger partial charge in [-0.05, 0) is 25.5 Å². The molecule has 0 spiro atoms. The van der Waals surface area contributed by atoms with Crippen molar-refractivity contribution < 1.29 is 28.8 Å².